The van der Waals surface area contributed by atoms with Gasteiger partial charge in [-0.2, -0.15) is 5.26 Å². The minimum atomic E-state index is -3.92. The minimum absolute atomic E-state index is 0.118. The lowest BCUT2D eigenvalue weighted by molar-refractivity contribution is -0.115. The fourth-order valence-electron chi connectivity index (χ4n) is 1.86. The van der Waals surface area contributed by atoms with Crippen LogP contribution in [0.25, 0.3) is 0 Å². The zero-order valence-corrected chi connectivity index (χ0v) is 13.5. The zero-order chi connectivity index (χ0) is 17.7. The maximum absolute atomic E-state index is 13.2. The molecular formula is C16H14FN3O3S. The van der Waals surface area contributed by atoms with Crippen molar-refractivity contribution in [3.63, 3.8) is 0 Å². The van der Waals surface area contributed by atoms with E-state index in [4.69, 9.17) is 5.26 Å². The van der Waals surface area contributed by atoms with Gasteiger partial charge in [-0.25, -0.2) is 17.5 Å². The van der Waals surface area contributed by atoms with Crippen LogP contribution in [0.3, 0.4) is 0 Å². The van der Waals surface area contributed by atoms with Crippen molar-refractivity contribution in [2.24, 2.45) is 0 Å². The molecule has 0 aromatic heterocycles. The molecule has 6 nitrogen and oxygen atoms in total. The number of nitrogens with zero attached hydrogens (tertiary/aromatic N) is 1. The maximum atomic E-state index is 13.2. The molecule has 0 fully saturated rings. The monoisotopic (exact) mass is 347 g/mol. The van der Waals surface area contributed by atoms with Crippen LogP contribution in [0.2, 0.25) is 0 Å². The summed E-state index contributed by atoms with van der Waals surface area (Å²) in [5, 5.41) is 11.2. The molecule has 2 N–H and O–H groups in total. The van der Waals surface area contributed by atoms with Crippen LogP contribution in [0.4, 0.5) is 10.1 Å². The lowest BCUT2D eigenvalue weighted by Crippen LogP contribution is -2.33. The Hall–Kier alpha value is -2.76. The number of sulfonamides is 1. The summed E-state index contributed by atoms with van der Waals surface area (Å²) in [4.78, 5) is 11.7. The molecule has 0 unspecified atom stereocenters. The van der Waals surface area contributed by atoms with Crippen molar-refractivity contribution in [3.05, 3.63) is 59.4 Å². The molecule has 0 saturated heterocycles. The number of amides is 1. The highest BCUT2D eigenvalue weighted by molar-refractivity contribution is 7.89. The molecule has 0 atom stereocenters. The predicted molar refractivity (Wildman–Crippen MR) is 86.1 cm³/mol. The smallest absolute Gasteiger partial charge is 0.241 e. The summed E-state index contributed by atoms with van der Waals surface area (Å²) in [5.41, 5.74) is 1.08. The quantitative estimate of drug-likeness (QED) is 0.863. The van der Waals surface area contributed by atoms with Crippen LogP contribution in [0.15, 0.2) is 47.4 Å². The third kappa shape index (κ3) is 4.38. The average molecular weight is 347 g/mol. The zero-order valence-electron chi connectivity index (χ0n) is 12.7. The number of benzene rings is 2. The van der Waals surface area contributed by atoms with E-state index in [1.165, 1.54) is 37.3 Å². The molecule has 0 heterocycles. The molecule has 8 heteroatoms. The molecule has 0 saturated carbocycles. The molecule has 2 rings (SSSR count). The molecule has 2 aromatic carbocycles. The Balaban J connectivity index is 1.99. The largest absolute Gasteiger partial charge is 0.325 e. The van der Waals surface area contributed by atoms with E-state index in [9.17, 15) is 17.6 Å². The highest BCUT2D eigenvalue weighted by atomic mass is 32.2. The SMILES string of the molecule is Cc1cc(S(=O)(=O)NCC(=O)Nc2ccc(C#N)cc2)ccc1F. The van der Waals surface area contributed by atoms with Crippen LogP contribution in [-0.2, 0) is 14.8 Å². The van der Waals surface area contributed by atoms with Crippen LogP contribution < -0.4 is 10.0 Å². The first kappa shape index (κ1) is 17.6. The first-order valence-electron chi connectivity index (χ1n) is 6.87. The van der Waals surface area contributed by atoms with Gasteiger partial charge in [-0.1, -0.05) is 0 Å². The van der Waals surface area contributed by atoms with Gasteiger partial charge in [0.05, 0.1) is 23.1 Å². The molecule has 0 radical (unpaired) electrons. The standard InChI is InChI=1S/C16H14FN3O3S/c1-11-8-14(6-7-15(11)17)24(22,23)19-10-16(21)20-13-4-2-12(9-18)3-5-13/h2-8,19H,10H2,1H3,(H,20,21). The van der Waals surface area contributed by atoms with Gasteiger partial charge in [-0.3, -0.25) is 4.79 Å². The van der Waals surface area contributed by atoms with Crippen LogP contribution in [0.5, 0.6) is 0 Å². The second-order valence-corrected chi connectivity index (χ2v) is 6.74. The van der Waals surface area contributed by atoms with Gasteiger partial charge in [0.1, 0.15) is 5.82 Å². The number of halogens is 1. The van der Waals surface area contributed by atoms with Gasteiger partial charge >= 0.3 is 0 Å². The first-order chi connectivity index (χ1) is 11.3. The Kier molecular flexibility index (Phi) is 5.28. The number of nitrogens with one attached hydrogen (secondary N) is 2. The second kappa shape index (κ2) is 7.21. The fourth-order valence-corrected chi connectivity index (χ4v) is 2.93. The Morgan fingerprint density at radius 3 is 2.46 bits per heavy atom. The third-order valence-corrected chi connectivity index (χ3v) is 4.56. The van der Waals surface area contributed by atoms with E-state index in [0.717, 1.165) is 12.1 Å². The molecule has 2 aromatic rings. The number of anilines is 1. The topological polar surface area (TPSA) is 99.1 Å². The van der Waals surface area contributed by atoms with E-state index < -0.39 is 28.3 Å². The molecule has 0 aliphatic rings. The Labute approximate surface area is 139 Å². The van der Waals surface area contributed by atoms with Gasteiger partial charge < -0.3 is 5.32 Å². The summed E-state index contributed by atoms with van der Waals surface area (Å²) in [5.74, 6) is -1.07. The van der Waals surface area contributed by atoms with Crippen LogP contribution >= 0.6 is 0 Å². The van der Waals surface area contributed by atoms with Crippen LogP contribution in [-0.4, -0.2) is 20.9 Å². The third-order valence-electron chi connectivity index (χ3n) is 3.16. The van der Waals surface area contributed by atoms with Gasteiger partial charge in [0, 0.05) is 5.69 Å². The summed E-state index contributed by atoms with van der Waals surface area (Å²) in [6.07, 6.45) is 0. The molecule has 0 aliphatic heterocycles. The summed E-state index contributed by atoms with van der Waals surface area (Å²) in [6.45, 7) is 0.977. The molecule has 24 heavy (non-hydrogen) atoms. The van der Waals surface area contributed by atoms with Crippen molar-refractivity contribution in [1.29, 1.82) is 5.26 Å². The highest BCUT2D eigenvalue weighted by Crippen LogP contribution is 2.14. The van der Waals surface area contributed by atoms with Crippen molar-refractivity contribution in [2.45, 2.75) is 11.8 Å². The van der Waals surface area contributed by atoms with Crippen LogP contribution in [0.1, 0.15) is 11.1 Å². The summed E-state index contributed by atoms with van der Waals surface area (Å²) < 4.78 is 39.5. The predicted octanol–water partition coefficient (Wildman–Crippen LogP) is 1.92. The molecule has 1 amide bonds. The molecule has 0 bridgehead atoms. The van der Waals surface area contributed by atoms with Crippen molar-refractivity contribution >= 4 is 21.6 Å². The lowest BCUT2D eigenvalue weighted by Gasteiger charge is -2.09. The van der Waals surface area contributed by atoms with Gasteiger partial charge in [0.25, 0.3) is 0 Å². The molecule has 0 aliphatic carbocycles. The van der Waals surface area contributed by atoms with E-state index in [1.807, 2.05) is 6.07 Å². The average Bonchev–Trinajstić information content (AvgIpc) is 2.56. The molecule has 124 valence electrons. The minimum Gasteiger partial charge on any atom is -0.325 e. The van der Waals surface area contributed by atoms with Gasteiger partial charge in [-0.15, -0.1) is 0 Å². The molecule has 0 spiro atoms. The Morgan fingerprint density at radius 2 is 1.88 bits per heavy atom. The normalized spacial score (nSPS) is 10.9. The van der Waals surface area contributed by atoms with Crippen molar-refractivity contribution in [1.82, 2.24) is 4.72 Å². The van der Waals surface area contributed by atoms with Gasteiger partial charge in [-0.05, 0) is 55.0 Å². The number of aryl methyl sites for hydroxylation is 1. The summed E-state index contributed by atoms with van der Waals surface area (Å²) >= 11 is 0. The van der Waals surface area contributed by atoms with E-state index in [0.29, 0.717) is 11.3 Å². The van der Waals surface area contributed by atoms with Crippen molar-refractivity contribution < 1.29 is 17.6 Å². The van der Waals surface area contributed by atoms with E-state index in [-0.39, 0.29) is 10.5 Å². The Morgan fingerprint density at radius 1 is 1.21 bits per heavy atom. The number of carbonyl (C=O) groups excluding carboxylic acids is 1. The van der Waals surface area contributed by atoms with Gasteiger partial charge in [0.15, 0.2) is 0 Å². The Bertz CT molecular complexity index is 903. The van der Waals surface area contributed by atoms with Gasteiger partial charge in [0.2, 0.25) is 15.9 Å². The highest BCUT2D eigenvalue weighted by Gasteiger charge is 2.16. The number of rotatable bonds is 5. The van der Waals surface area contributed by atoms with E-state index in [2.05, 4.69) is 10.0 Å². The number of carbonyl (C=O) groups is 1. The maximum Gasteiger partial charge on any atom is 0.241 e. The van der Waals surface area contributed by atoms with Crippen LogP contribution in [0, 0.1) is 24.1 Å². The van der Waals surface area contributed by atoms with E-state index >= 15 is 0 Å². The number of hydrogen-bond donors (Lipinski definition) is 2. The summed E-state index contributed by atoms with van der Waals surface area (Å²) in [6, 6.07) is 11.5. The second-order valence-electron chi connectivity index (χ2n) is 4.97. The fraction of sp³-hybridized carbons (Fsp3) is 0.125. The number of hydrogen-bond acceptors (Lipinski definition) is 4. The van der Waals surface area contributed by atoms with Crippen molar-refractivity contribution in [2.75, 3.05) is 11.9 Å². The number of nitriles is 1. The summed E-state index contributed by atoms with van der Waals surface area (Å²) in [7, 11) is -3.92. The molecular weight excluding hydrogens is 333 g/mol. The lowest BCUT2D eigenvalue weighted by atomic mass is 10.2. The first-order valence-corrected chi connectivity index (χ1v) is 8.36. The van der Waals surface area contributed by atoms with Crippen molar-refractivity contribution in [3.8, 4) is 6.07 Å². The van der Waals surface area contributed by atoms with E-state index in [1.54, 1.807) is 0 Å².